The highest BCUT2D eigenvalue weighted by Gasteiger charge is 2.39. The highest BCUT2D eigenvalue weighted by Crippen LogP contribution is 2.37. The zero-order chi connectivity index (χ0) is 24.2. The van der Waals surface area contributed by atoms with Crippen molar-refractivity contribution in [1.82, 2.24) is 4.90 Å². The lowest BCUT2D eigenvalue weighted by atomic mass is 9.92. The normalized spacial score (nSPS) is 18.7. The van der Waals surface area contributed by atoms with Gasteiger partial charge in [0.05, 0.1) is 36.7 Å². The summed E-state index contributed by atoms with van der Waals surface area (Å²) in [7, 11) is 1.85. The number of terminal acetylenes is 1. The van der Waals surface area contributed by atoms with Crippen molar-refractivity contribution in [3.63, 3.8) is 0 Å². The van der Waals surface area contributed by atoms with E-state index in [2.05, 4.69) is 17.8 Å². The molecule has 172 valence electrons. The molecule has 1 aliphatic heterocycles. The molecule has 9 heteroatoms. The number of benzene rings is 2. The number of nitrogens with zero attached hydrogens (tertiary/aromatic N) is 2. The van der Waals surface area contributed by atoms with Crippen LogP contribution in [0.2, 0.25) is 0 Å². The van der Waals surface area contributed by atoms with Crippen LogP contribution in [0.3, 0.4) is 0 Å². The molecule has 0 amide bonds. The fourth-order valence-electron chi connectivity index (χ4n) is 3.44. The van der Waals surface area contributed by atoms with E-state index in [9.17, 15) is 26.3 Å². The SMILES string of the molecule is C#C.CC1=N[C@](COCc2cc(C(F)(F)F)cc(C(F)(F)F)c2)(c2ccccc2)CN1C. The summed E-state index contributed by atoms with van der Waals surface area (Å²) in [5, 5.41) is 0. The van der Waals surface area contributed by atoms with Crippen LogP contribution in [-0.2, 0) is 29.2 Å². The lowest BCUT2D eigenvalue weighted by molar-refractivity contribution is -0.143. The third-order valence-electron chi connectivity index (χ3n) is 5.00. The molecular formula is C23H22F6N2O. The Morgan fingerprint density at radius 3 is 1.94 bits per heavy atom. The van der Waals surface area contributed by atoms with Crippen LogP contribution >= 0.6 is 0 Å². The average molecular weight is 456 g/mol. The number of hydrogen-bond acceptors (Lipinski definition) is 3. The summed E-state index contributed by atoms with van der Waals surface area (Å²) in [5.74, 6) is 0.765. The largest absolute Gasteiger partial charge is 0.416 e. The molecule has 0 spiro atoms. The Balaban J connectivity index is 0.00000176. The summed E-state index contributed by atoms with van der Waals surface area (Å²) in [5.41, 5.74) is -2.85. The van der Waals surface area contributed by atoms with Crippen molar-refractivity contribution in [3.05, 3.63) is 70.8 Å². The van der Waals surface area contributed by atoms with Gasteiger partial charge in [0.2, 0.25) is 0 Å². The van der Waals surface area contributed by atoms with Gasteiger partial charge in [0.15, 0.2) is 0 Å². The standard InChI is InChI=1S/C21H20F6N2O.C2H2/c1-14-28-19(12-29(14)2,16-6-4-3-5-7-16)13-30-11-15-8-17(20(22,23)24)10-18(9-15)21(25,26)27;1-2/h3-10H,11-13H2,1-2H3;1-2H/t19-;/m1./s1. The number of ether oxygens (including phenoxy) is 1. The summed E-state index contributed by atoms with van der Waals surface area (Å²) in [6.45, 7) is 1.92. The lowest BCUT2D eigenvalue weighted by Crippen LogP contribution is -2.35. The van der Waals surface area contributed by atoms with E-state index in [0.717, 1.165) is 11.4 Å². The molecule has 0 radical (unpaired) electrons. The van der Waals surface area contributed by atoms with E-state index in [1.54, 1.807) is 0 Å². The topological polar surface area (TPSA) is 24.8 Å². The number of likely N-dealkylation sites (N-methyl/N-ethyl adjacent to an activating group) is 1. The molecule has 0 saturated heterocycles. The molecular weight excluding hydrogens is 434 g/mol. The monoisotopic (exact) mass is 456 g/mol. The summed E-state index contributed by atoms with van der Waals surface area (Å²) in [6.07, 6.45) is -1.78. The third kappa shape index (κ3) is 5.82. The summed E-state index contributed by atoms with van der Waals surface area (Å²) >= 11 is 0. The van der Waals surface area contributed by atoms with Gasteiger partial charge in [-0.15, -0.1) is 12.8 Å². The first kappa shape index (κ1) is 25.3. The smallest absolute Gasteiger partial charge is 0.374 e. The molecule has 2 aromatic carbocycles. The second-order valence-corrected chi connectivity index (χ2v) is 7.32. The summed E-state index contributed by atoms with van der Waals surface area (Å²) in [6, 6.07) is 10.7. The van der Waals surface area contributed by atoms with Crippen molar-refractivity contribution in [2.24, 2.45) is 4.99 Å². The zero-order valence-corrected chi connectivity index (χ0v) is 17.5. The van der Waals surface area contributed by atoms with Crippen molar-refractivity contribution in [2.45, 2.75) is 31.4 Å². The lowest BCUT2D eigenvalue weighted by Gasteiger charge is -2.27. The van der Waals surface area contributed by atoms with Crippen LogP contribution in [-0.4, -0.2) is 30.9 Å². The van der Waals surface area contributed by atoms with Gasteiger partial charge in [-0.2, -0.15) is 26.3 Å². The third-order valence-corrected chi connectivity index (χ3v) is 5.00. The Bertz CT molecular complexity index is 934. The Labute approximate surface area is 182 Å². The molecule has 3 nitrogen and oxygen atoms in total. The van der Waals surface area contributed by atoms with Gasteiger partial charge in [-0.1, -0.05) is 30.3 Å². The van der Waals surface area contributed by atoms with Gasteiger partial charge in [-0.25, -0.2) is 0 Å². The maximum atomic E-state index is 13.0. The Morgan fingerprint density at radius 2 is 1.50 bits per heavy atom. The average Bonchev–Trinajstić information content (AvgIpc) is 3.03. The fraction of sp³-hybridized carbons (Fsp3) is 0.348. The maximum absolute atomic E-state index is 13.0. The minimum absolute atomic E-state index is 0.0102. The minimum atomic E-state index is -4.89. The van der Waals surface area contributed by atoms with E-state index in [-0.39, 0.29) is 18.2 Å². The van der Waals surface area contributed by atoms with Crippen LogP contribution < -0.4 is 0 Å². The molecule has 0 bridgehead atoms. The van der Waals surface area contributed by atoms with Crippen molar-refractivity contribution in [3.8, 4) is 12.8 Å². The van der Waals surface area contributed by atoms with Crippen molar-refractivity contribution >= 4 is 5.84 Å². The van der Waals surface area contributed by atoms with Crippen molar-refractivity contribution < 1.29 is 31.1 Å². The van der Waals surface area contributed by atoms with Gasteiger partial charge in [-0.3, -0.25) is 4.99 Å². The molecule has 0 saturated carbocycles. The number of amidine groups is 1. The first-order valence-corrected chi connectivity index (χ1v) is 9.43. The molecule has 0 N–H and O–H groups in total. The van der Waals surface area contributed by atoms with E-state index < -0.39 is 35.6 Å². The Kier molecular flexibility index (Phi) is 7.62. The van der Waals surface area contributed by atoms with E-state index in [4.69, 9.17) is 4.74 Å². The van der Waals surface area contributed by atoms with Crippen LogP contribution in [0.1, 0.15) is 29.2 Å². The number of hydrogen-bond donors (Lipinski definition) is 0. The molecule has 1 aliphatic rings. The van der Waals surface area contributed by atoms with Gasteiger partial charge in [0.1, 0.15) is 5.54 Å². The molecule has 32 heavy (non-hydrogen) atoms. The van der Waals surface area contributed by atoms with Crippen LogP contribution in [0.4, 0.5) is 26.3 Å². The van der Waals surface area contributed by atoms with Gasteiger partial charge >= 0.3 is 12.4 Å². The van der Waals surface area contributed by atoms with Crippen molar-refractivity contribution in [2.75, 3.05) is 20.2 Å². The van der Waals surface area contributed by atoms with Gasteiger partial charge in [0, 0.05) is 7.05 Å². The molecule has 1 heterocycles. The van der Waals surface area contributed by atoms with E-state index in [0.29, 0.717) is 18.7 Å². The quantitative estimate of drug-likeness (QED) is 0.423. The number of halogens is 6. The van der Waals surface area contributed by atoms with Gasteiger partial charge < -0.3 is 9.64 Å². The highest BCUT2D eigenvalue weighted by molar-refractivity contribution is 5.82. The number of rotatable bonds is 5. The number of alkyl halides is 6. The van der Waals surface area contributed by atoms with E-state index in [1.807, 2.05) is 49.2 Å². The first-order chi connectivity index (χ1) is 14.9. The molecule has 0 unspecified atom stereocenters. The second kappa shape index (κ2) is 9.65. The van der Waals surface area contributed by atoms with Gasteiger partial charge in [0.25, 0.3) is 0 Å². The van der Waals surface area contributed by atoms with E-state index in [1.165, 1.54) is 0 Å². The zero-order valence-electron chi connectivity index (χ0n) is 17.5. The Hall–Kier alpha value is -2.99. The van der Waals surface area contributed by atoms with Crippen LogP contribution in [0.25, 0.3) is 0 Å². The van der Waals surface area contributed by atoms with Crippen molar-refractivity contribution in [1.29, 1.82) is 0 Å². The fourth-order valence-corrected chi connectivity index (χ4v) is 3.44. The van der Waals surface area contributed by atoms with Gasteiger partial charge in [-0.05, 0) is 36.2 Å². The molecule has 3 rings (SSSR count). The van der Waals surface area contributed by atoms with Crippen LogP contribution in [0, 0.1) is 12.8 Å². The molecule has 0 fully saturated rings. The number of aliphatic imine (C=N–C) groups is 1. The minimum Gasteiger partial charge on any atom is -0.374 e. The molecule has 0 aromatic heterocycles. The summed E-state index contributed by atoms with van der Waals surface area (Å²) < 4.78 is 83.9. The van der Waals surface area contributed by atoms with Crippen LogP contribution in [0.5, 0.6) is 0 Å². The maximum Gasteiger partial charge on any atom is 0.416 e. The second-order valence-electron chi connectivity index (χ2n) is 7.32. The highest BCUT2D eigenvalue weighted by atomic mass is 19.4. The first-order valence-electron chi connectivity index (χ1n) is 9.43. The van der Waals surface area contributed by atoms with E-state index >= 15 is 0 Å². The predicted octanol–water partition coefficient (Wildman–Crippen LogP) is 5.75. The summed E-state index contributed by atoms with van der Waals surface area (Å²) in [4.78, 5) is 6.59. The van der Waals surface area contributed by atoms with Crippen LogP contribution in [0.15, 0.2) is 53.5 Å². The predicted molar refractivity (Wildman–Crippen MR) is 110 cm³/mol. The molecule has 2 aromatic rings. The Morgan fingerprint density at radius 1 is 0.969 bits per heavy atom. The molecule has 1 atom stereocenters. The molecule has 0 aliphatic carbocycles.